The monoisotopic (exact) mass is 360 g/mol. The Hall–Kier alpha value is -1.36. The zero-order valence-electron chi connectivity index (χ0n) is 14.4. The highest BCUT2D eigenvalue weighted by Crippen LogP contribution is 2.33. The molecule has 134 valence electrons. The molecule has 4 rings (SSSR count). The number of nitrogens with zero attached hydrogens (tertiary/aromatic N) is 1. The number of pyridine rings is 1. The Labute approximate surface area is 153 Å². The molecule has 2 aromatic rings. The highest BCUT2D eigenvalue weighted by molar-refractivity contribution is 6.32. The van der Waals surface area contributed by atoms with E-state index in [2.05, 4.69) is 10.3 Å². The standard InChI is InChI=1S/C20H25ClN2O2/c21-19-9-16-12-22-7-5-15(16)10-20(19)25-18-3-1-17(2-4-18)23-11-14-6-8-24-13-14/h5,7,9-10,12,14,17-18,23H,1-4,6,8,11,13H2/t14?,17-,18-. The van der Waals surface area contributed by atoms with Crippen LogP contribution >= 0.6 is 11.6 Å². The number of hydrogen-bond donors (Lipinski definition) is 1. The van der Waals surface area contributed by atoms with Gasteiger partial charge < -0.3 is 14.8 Å². The topological polar surface area (TPSA) is 43.4 Å². The molecule has 0 amide bonds. The number of ether oxygens (including phenoxy) is 2. The van der Waals surface area contributed by atoms with E-state index in [1.165, 1.54) is 6.42 Å². The number of halogens is 1. The highest BCUT2D eigenvalue weighted by atomic mass is 35.5. The summed E-state index contributed by atoms with van der Waals surface area (Å²) in [7, 11) is 0. The van der Waals surface area contributed by atoms with Crippen LogP contribution in [-0.4, -0.2) is 36.9 Å². The lowest BCUT2D eigenvalue weighted by molar-refractivity contribution is 0.137. The molecule has 1 N–H and O–H groups in total. The number of benzene rings is 1. The minimum Gasteiger partial charge on any atom is -0.489 e. The molecule has 2 aliphatic rings. The van der Waals surface area contributed by atoms with Gasteiger partial charge in [-0.05, 0) is 61.6 Å². The van der Waals surface area contributed by atoms with Crippen LogP contribution < -0.4 is 10.1 Å². The Bertz CT molecular complexity index is 710. The summed E-state index contributed by atoms with van der Waals surface area (Å²) in [5.74, 6) is 1.49. The molecule has 1 unspecified atom stereocenters. The van der Waals surface area contributed by atoms with Crippen LogP contribution in [0.5, 0.6) is 5.75 Å². The summed E-state index contributed by atoms with van der Waals surface area (Å²) in [5, 5.41) is 6.54. The Morgan fingerprint density at radius 2 is 2.04 bits per heavy atom. The maximum atomic E-state index is 6.40. The number of nitrogens with one attached hydrogen (secondary N) is 1. The fourth-order valence-electron chi connectivity index (χ4n) is 3.82. The van der Waals surface area contributed by atoms with Crippen molar-refractivity contribution in [3.8, 4) is 5.75 Å². The van der Waals surface area contributed by atoms with Crippen LogP contribution in [0.4, 0.5) is 0 Å². The maximum absolute atomic E-state index is 6.40. The van der Waals surface area contributed by atoms with Gasteiger partial charge in [-0.15, -0.1) is 0 Å². The zero-order chi connectivity index (χ0) is 17.1. The van der Waals surface area contributed by atoms with Crippen molar-refractivity contribution in [2.24, 2.45) is 5.92 Å². The molecule has 5 heteroatoms. The van der Waals surface area contributed by atoms with E-state index < -0.39 is 0 Å². The summed E-state index contributed by atoms with van der Waals surface area (Å²) in [6.45, 7) is 2.93. The van der Waals surface area contributed by atoms with Gasteiger partial charge in [0, 0.05) is 37.0 Å². The van der Waals surface area contributed by atoms with E-state index >= 15 is 0 Å². The molecule has 0 spiro atoms. The largest absolute Gasteiger partial charge is 0.489 e. The second kappa shape index (κ2) is 7.90. The van der Waals surface area contributed by atoms with Gasteiger partial charge in [-0.1, -0.05) is 11.6 Å². The summed E-state index contributed by atoms with van der Waals surface area (Å²) < 4.78 is 11.7. The molecule has 1 aliphatic carbocycles. The first-order valence-electron chi connectivity index (χ1n) is 9.29. The van der Waals surface area contributed by atoms with E-state index in [1.807, 2.05) is 24.4 Å². The average Bonchev–Trinajstić information content (AvgIpc) is 3.15. The highest BCUT2D eigenvalue weighted by Gasteiger charge is 2.24. The molecule has 25 heavy (non-hydrogen) atoms. The van der Waals surface area contributed by atoms with Gasteiger partial charge in [0.15, 0.2) is 0 Å². The van der Waals surface area contributed by atoms with Crippen LogP contribution in [-0.2, 0) is 4.74 Å². The van der Waals surface area contributed by atoms with Crippen LogP contribution in [0.25, 0.3) is 10.8 Å². The van der Waals surface area contributed by atoms with E-state index in [0.29, 0.717) is 17.0 Å². The predicted octanol–water partition coefficient (Wildman–Crippen LogP) is 4.20. The average molecular weight is 361 g/mol. The van der Waals surface area contributed by atoms with Gasteiger partial charge in [0.1, 0.15) is 5.75 Å². The zero-order valence-corrected chi connectivity index (χ0v) is 15.2. The molecular formula is C20H25ClN2O2. The number of hydrogen-bond acceptors (Lipinski definition) is 4. The van der Waals surface area contributed by atoms with Crippen LogP contribution in [0.1, 0.15) is 32.1 Å². The Morgan fingerprint density at radius 1 is 1.16 bits per heavy atom. The number of aromatic nitrogens is 1. The van der Waals surface area contributed by atoms with Gasteiger partial charge in [-0.2, -0.15) is 0 Å². The molecule has 1 saturated heterocycles. The summed E-state index contributed by atoms with van der Waals surface area (Å²) in [6.07, 6.45) is 9.54. The molecule has 2 heterocycles. The van der Waals surface area contributed by atoms with Gasteiger partial charge in [-0.3, -0.25) is 4.98 Å². The summed E-state index contributed by atoms with van der Waals surface area (Å²) in [5.41, 5.74) is 0. The van der Waals surface area contributed by atoms with Gasteiger partial charge in [0.25, 0.3) is 0 Å². The van der Waals surface area contributed by atoms with Crippen molar-refractivity contribution in [1.29, 1.82) is 0 Å². The molecular weight excluding hydrogens is 336 g/mol. The molecule has 0 radical (unpaired) electrons. The smallest absolute Gasteiger partial charge is 0.138 e. The van der Waals surface area contributed by atoms with Gasteiger partial charge in [0.2, 0.25) is 0 Å². The minimum absolute atomic E-state index is 0.254. The third-order valence-corrected chi connectivity index (χ3v) is 5.67. The van der Waals surface area contributed by atoms with Gasteiger partial charge in [-0.25, -0.2) is 0 Å². The lowest BCUT2D eigenvalue weighted by atomic mass is 9.92. The Morgan fingerprint density at radius 3 is 2.84 bits per heavy atom. The number of rotatable bonds is 5. The molecule has 1 aliphatic heterocycles. The Balaban J connectivity index is 1.30. The van der Waals surface area contributed by atoms with Crippen LogP contribution in [0.2, 0.25) is 5.02 Å². The van der Waals surface area contributed by atoms with Gasteiger partial charge >= 0.3 is 0 Å². The summed E-state index contributed by atoms with van der Waals surface area (Å²) >= 11 is 6.40. The fraction of sp³-hybridized carbons (Fsp3) is 0.550. The van der Waals surface area contributed by atoms with Crippen LogP contribution in [0.3, 0.4) is 0 Å². The normalized spacial score (nSPS) is 26.8. The third-order valence-electron chi connectivity index (χ3n) is 5.38. The minimum atomic E-state index is 0.254. The molecule has 1 aromatic carbocycles. The first kappa shape index (κ1) is 17.1. The van der Waals surface area contributed by atoms with Crippen LogP contribution in [0.15, 0.2) is 30.6 Å². The van der Waals surface area contributed by atoms with Crippen molar-refractivity contribution >= 4 is 22.4 Å². The summed E-state index contributed by atoms with van der Waals surface area (Å²) in [6, 6.07) is 6.57. The summed E-state index contributed by atoms with van der Waals surface area (Å²) in [4.78, 5) is 4.14. The van der Waals surface area contributed by atoms with Crippen molar-refractivity contribution in [1.82, 2.24) is 10.3 Å². The quantitative estimate of drug-likeness (QED) is 0.867. The SMILES string of the molecule is Clc1cc2cnccc2cc1O[C@H]1CC[C@H](NCC2CCOC2)CC1. The molecule has 4 nitrogen and oxygen atoms in total. The first-order chi connectivity index (χ1) is 12.3. The van der Waals surface area contributed by atoms with Crippen molar-refractivity contribution in [2.75, 3.05) is 19.8 Å². The van der Waals surface area contributed by atoms with Crippen LogP contribution in [0, 0.1) is 5.92 Å². The fourth-order valence-corrected chi connectivity index (χ4v) is 4.04. The lowest BCUT2D eigenvalue weighted by Gasteiger charge is -2.30. The molecule has 1 saturated carbocycles. The predicted molar refractivity (Wildman–Crippen MR) is 100 cm³/mol. The molecule has 1 atom stereocenters. The third kappa shape index (κ3) is 4.25. The van der Waals surface area contributed by atoms with Crippen molar-refractivity contribution in [3.63, 3.8) is 0 Å². The van der Waals surface area contributed by atoms with Crippen molar-refractivity contribution < 1.29 is 9.47 Å². The first-order valence-corrected chi connectivity index (χ1v) is 9.67. The van der Waals surface area contributed by atoms with Crippen molar-refractivity contribution in [3.05, 3.63) is 35.6 Å². The van der Waals surface area contributed by atoms with Gasteiger partial charge in [0.05, 0.1) is 17.7 Å². The molecule has 0 bridgehead atoms. The Kier molecular flexibility index (Phi) is 5.39. The second-order valence-corrected chi connectivity index (χ2v) is 7.64. The van der Waals surface area contributed by atoms with E-state index in [4.69, 9.17) is 21.1 Å². The van der Waals surface area contributed by atoms with E-state index in [-0.39, 0.29) is 6.10 Å². The van der Waals surface area contributed by atoms with E-state index in [9.17, 15) is 0 Å². The lowest BCUT2D eigenvalue weighted by Crippen LogP contribution is -2.38. The maximum Gasteiger partial charge on any atom is 0.138 e. The number of fused-ring (bicyclic) bond motifs is 1. The van der Waals surface area contributed by atoms with E-state index in [0.717, 1.165) is 62.0 Å². The second-order valence-electron chi connectivity index (χ2n) is 7.23. The molecule has 2 fully saturated rings. The molecule has 1 aromatic heterocycles. The van der Waals surface area contributed by atoms with Crippen molar-refractivity contribution in [2.45, 2.75) is 44.2 Å². The van der Waals surface area contributed by atoms with E-state index in [1.54, 1.807) is 6.20 Å².